The van der Waals surface area contributed by atoms with Gasteiger partial charge in [-0.15, -0.1) is 0 Å². The summed E-state index contributed by atoms with van der Waals surface area (Å²) in [6.45, 7) is 0.290. The number of aliphatic hydroxyl groups is 1. The first-order chi connectivity index (χ1) is 12.8. The van der Waals surface area contributed by atoms with Gasteiger partial charge >= 0.3 is 6.18 Å². The summed E-state index contributed by atoms with van der Waals surface area (Å²) in [7, 11) is 0. The second kappa shape index (κ2) is 7.90. The minimum absolute atomic E-state index is 0.0215. The Kier molecular flexibility index (Phi) is 5.76. The molecule has 1 aromatic carbocycles. The van der Waals surface area contributed by atoms with Gasteiger partial charge in [-0.1, -0.05) is 41.7 Å². The van der Waals surface area contributed by atoms with Gasteiger partial charge in [0.1, 0.15) is 5.02 Å². The molecule has 1 aliphatic carbocycles. The lowest BCUT2D eigenvalue weighted by Gasteiger charge is -2.27. The summed E-state index contributed by atoms with van der Waals surface area (Å²) in [6.07, 6.45) is -1.39. The van der Waals surface area contributed by atoms with E-state index in [1.807, 2.05) is 0 Å². The van der Waals surface area contributed by atoms with Crippen molar-refractivity contribution in [3.05, 3.63) is 40.5 Å². The Morgan fingerprint density at radius 1 is 1.26 bits per heavy atom. The quantitative estimate of drug-likeness (QED) is 0.799. The van der Waals surface area contributed by atoms with Gasteiger partial charge in [-0.2, -0.15) is 13.2 Å². The van der Waals surface area contributed by atoms with E-state index < -0.39 is 23.8 Å². The normalized spacial score (nSPS) is 20.5. The smallest absolute Gasteiger partial charge is 0.393 e. The lowest BCUT2D eigenvalue weighted by atomic mass is 9.86. The Morgan fingerprint density at radius 2 is 1.93 bits per heavy atom. The minimum atomic E-state index is -4.45. The predicted octanol–water partition coefficient (Wildman–Crippen LogP) is 4.29. The minimum Gasteiger partial charge on any atom is -0.393 e. The van der Waals surface area contributed by atoms with Gasteiger partial charge in [0, 0.05) is 18.0 Å². The summed E-state index contributed by atoms with van der Waals surface area (Å²) in [5.41, 5.74) is -0.662. The highest BCUT2D eigenvalue weighted by molar-refractivity contribution is 6.35. The molecule has 146 valence electrons. The fourth-order valence-corrected chi connectivity index (χ4v) is 3.41. The Labute approximate surface area is 158 Å². The van der Waals surface area contributed by atoms with Crippen LogP contribution in [-0.2, 0) is 6.18 Å². The van der Waals surface area contributed by atoms with Crippen molar-refractivity contribution in [1.29, 1.82) is 0 Å². The molecule has 1 heterocycles. The number of carbonyl (C=O) groups is 1. The first-order valence-electron chi connectivity index (χ1n) is 8.56. The molecule has 2 atom stereocenters. The van der Waals surface area contributed by atoms with E-state index in [-0.39, 0.29) is 28.0 Å². The summed E-state index contributed by atoms with van der Waals surface area (Å²) in [5, 5.41) is 16.2. The number of hydrogen-bond acceptors (Lipinski definition) is 4. The lowest BCUT2D eigenvalue weighted by Crippen LogP contribution is -2.36. The molecule has 2 N–H and O–H groups in total. The van der Waals surface area contributed by atoms with Crippen molar-refractivity contribution in [3.63, 3.8) is 0 Å². The molecule has 0 aliphatic heterocycles. The molecule has 1 aromatic heterocycles. The fraction of sp³-hybridized carbons (Fsp3) is 0.444. The largest absolute Gasteiger partial charge is 0.416 e. The van der Waals surface area contributed by atoms with Crippen LogP contribution in [0.25, 0.3) is 11.3 Å². The van der Waals surface area contributed by atoms with Crippen LogP contribution in [0.15, 0.2) is 28.8 Å². The molecule has 27 heavy (non-hydrogen) atoms. The molecule has 9 heteroatoms. The number of aromatic nitrogens is 1. The van der Waals surface area contributed by atoms with Crippen LogP contribution >= 0.6 is 11.6 Å². The first kappa shape index (κ1) is 19.7. The molecule has 3 rings (SSSR count). The monoisotopic (exact) mass is 402 g/mol. The van der Waals surface area contributed by atoms with Crippen molar-refractivity contribution in [2.45, 2.75) is 38.0 Å². The number of rotatable bonds is 4. The third-order valence-corrected chi connectivity index (χ3v) is 5.07. The van der Waals surface area contributed by atoms with E-state index in [2.05, 4.69) is 10.5 Å². The van der Waals surface area contributed by atoms with Crippen LogP contribution in [0.4, 0.5) is 13.2 Å². The van der Waals surface area contributed by atoms with E-state index >= 15 is 0 Å². The predicted molar refractivity (Wildman–Crippen MR) is 92.2 cm³/mol. The Bertz CT molecular complexity index is 805. The van der Waals surface area contributed by atoms with Crippen molar-refractivity contribution >= 4 is 17.5 Å². The maximum atomic E-state index is 12.6. The molecule has 1 amide bonds. The van der Waals surface area contributed by atoms with E-state index in [1.54, 1.807) is 0 Å². The van der Waals surface area contributed by atoms with Crippen LogP contribution in [0.3, 0.4) is 0 Å². The standard InChI is InChI=1S/C18H18ClF3N2O3/c19-14-15(17(26)23-9-11-3-1-2-4-13(11)25)24-27-16(14)10-5-7-12(8-6-10)18(20,21)22/h5-8,11,13,25H,1-4,9H2,(H,23,26)/t11-,13+/m0/s1. The number of halogens is 4. The van der Waals surface area contributed by atoms with Gasteiger partial charge < -0.3 is 14.9 Å². The molecule has 1 saturated carbocycles. The van der Waals surface area contributed by atoms with Crippen LogP contribution in [0, 0.1) is 5.92 Å². The second-order valence-electron chi connectivity index (χ2n) is 6.57. The van der Waals surface area contributed by atoms with E-state index in [4.69, 9.17) is 16.1 Å². The second-order valence-corrected chi connectivity index (χ2v) is 6.95. The Morgan fingerprint density at radius 3 is 2.56 bits per heavy atom. The maximum absolute atomic E-state index is 12.6. The van der Waals surface area contributed by atoms with Gasteiger partial charge in [-0.25, -0.2) is 0 Å². The highest BCUT2D eigenvalue weighted by Crippen LogP contribution is 2.34. The van der Waals surface area contributed by atoms with E-state index in [0.29, 0.717) is 13.0 Å². The number of amides is 1. The number of benzene rings is 1. The number of nitrogens with one attached hydrogen (secondary N) is 1. The van der Waals surface area contributed by atoms with Crippen molar-refractivity contribution < 1.29 is 27.6 Å². The SMILES string of the molecule is O=C(NC[C@@H]1CCCC[C@H]1O)c1noc(-c2ccc(C(F)(F)F)cc2)c1Cl. The van der Waals surface area contributed by atoms with E-state index in [0.717, 1.165) is 31.4 Å². The van der Waals surface area contributed by atoms with Gasteiger partial charge in [-0.3, -0.25) is 4.79 Å². The van der Waals surface area contributed by atoms with Crippen molar-refractivity contribution in [1.82, 2.24) is 10.5 Å². The van der Waals surface area contributed by atoms with Crippen LogP contribution in [0.1, 0.15) is 41.7 Å². The molecule has 1 aliphatic rings. The first-order valence-corrected chi connectivity index (χ1v) is 8.94. The number of alkyl halides is 3. The van der Waals surface area contributed by atoms with Gasteiger partial charge in [0.05, 0.1) is 11.7 Å². The summed E-state index contributed by atoms with van der Waals surface area (Å²) in [6, 6.07) is 4.21. The third kappa shape index (κ3) is 4.44. The zero-order valence-corrected chi connectivity index (χ0v) is 15.0. The average Bonchev–Trinajstić information content (AvgIpc) is 3.02. The van der Waals surface area contributed by atoms with Gasteiger partial charge in [-0.05, 0) is 25.0 Å². The molecule has 0 unspecified atom stereocenters. The molecule has 0 saturated heterocycles. The fourth-order valence-electron chi connectivity index (χ4n) is 3.14. The van der Waals surface area contributed by atoms with E-state index in [9.17, 15) is 23.1 Å². The topological polar surface area (TPSA) is 75.4 Å². The third-order valence-electron chi connectivity index (χ3n) is 4.72. The van der Waals surface area contributed by atoms with Crippen molar-refractivity contribution in [2.75, 3.05) is 6.54 Å². The summed E-state index contributed by atoms with van der Waals surface area (Å²) in [4.78, 5) is 12.3. The van der Waals surface area contributed by atoms with Crippen LogP contribution in [0.5, 0.6) is 0 Å². The van der Waals surface area contributed by atoms with Gasteiger partial charge in [0.25, 0.3) is 5.91 Å². The molecule has 5 nitrogen and oxygen atoms in total. The van der Waals surface area contributed by atoms with Crippen molar-refractivity contribution in [2.24, 2.45) is 5.92 Å². The number of carbonyl (C=O) groups excluding carboxylic acids is 1. The van der Waals surface area contributed by atoms with Gasteiger partial charge in [0.2, 0.25) is 0 Å². The number of aliphatic hydroxyl groups excluding tert-OH is 1. The van der Waals surface area contributed by atoms with Crippen LogP contribution < -0.4 is 5.32 Å². The average molecular weight is 403 g/mol. The molecule has 0 radical (unpaired) electrons. The zero-order chi connectivity index (χ0) is 19.6. The van der Waals surface area contributed by atoms with Crippen LogP contribution in [-0.4, -0.2) is 28.8 Å². The molecule has 1 fully saturated rings. The highest BCUT2D eigenvalue weighted by Gasteiger charge is 2.31. The van der Waals surface area contributed by atoms with Gasteiger partial charge in [0.15, 0.2) is 11.5 Å². The number of hydrogen-bond donors (Lipinski definition) is 2. The maximum Gasteiger partial charge on any atom is 0.416 e. The zero-order valence-electron chi connectivity index (χ0n) is 14.2. The lowest BCUT2D eigenvalue weighted by molar-refractivity contribution is -0.137. The molecule has 2 aromatic rings. The molecule has 0 bridgehead atoms. The molecule has 0 spiro atoms. The number of nitrogens with zero attached hydrogens (tertiary/aromatic N) is 1. The Balaban J connectivity index is 1.70. The molecular formula is C18H18ClF3N2O3. The summed E-state index contributed by atoms with van der Waals surface area (Å²) in [5.74, 6) is -0.560. The van der Waals surface area contributed by atoms with Crippen molar-refractivity contribution in [3.8, 4) is 11.3 Å². The summed E-state index contributed by atoms with van der Waals surface area (Å²) < 4.78 is 43.0. The van der Waals surface area contributed by atoms with E-state index in [1.165, 1.54) is 12.1 Å². The summed E-state index contributed by atoms with van der Waals surface area (Å²) >= 11 is 6.14. The highest BCUT2D eigenvalue weighted by atomic mass is 35.5. The molecular weight excluding hydrogens is 385 g/mol. The Hall–Kier alpha value is -2.06. The van der Waals surface area contributed by atoms with Crippen LogP contribution in [0.2, 0.25) is 5.02 Å².